The van der Waals surface area contributed by atoms with Crippen LogP contribution in [0.1, 0.15) is 89.8 Å². The van der Waals surface area contributed by atoms with E-state index in [4.69, 9.17) is 42.0 Å². The standard InChI is InChI=1S/C65H102N4O14Si4/c1-62(2,3)86(16,17)80-42-55-53(83-87(18,19)63(4,5)6)38-57(82-55)66-40-46(58(71)68(60(66)73)44-77-33-35-84(10,11)12)39-64(7)43-67(61(74)69(59(64)72)45-78-34-36-85(13,14)15)56-37-52(70)54(81-56)41-79-65(47-23-21-20-22-24-47,48-25-29-50(75-8)30-26-48)49-27-31-51(76-9)32-28-49/h20-32,40,52-57,70H,33-39,41-45H2,1-19H3/t52-,53-,54+,55+,56+,57+,64+/m0/s1. The summed E-state index contributed by atoms with van der Waals surface area (Å²) < 4.78 is 60.9. The number of nitrogens with zero attached hydrogens (tertiary/aromatic N) is 4. The van der Waals surface area contributed by atoms with Crippen molar-refractivity contribution in [1.29, 1.82) is 0 Å². The number of amides is 3. The van der Waals surface area contributed by atoms with Crippen LogP contribution in [0, 0.1) is 5.41 Å². The first-order valence-electron chi connectivity index (χ1n) is 30.9. The molecule has 0 spiro atoms. The van der Waals surface area contributed by atoms with E-state index in [0.29, 0.717) is 31.1 Å². The van der Waals surface area contributed by atoms with Gasteiger partial charge in [0.05, 0.1) is 45.1 Å². The van der Waals surface area contributed by atoms with Gasteiger partial charge in [-0.1, -0.05) is 135 Å². The van der Waals surface area contributed by atoms with Crippen LogP contribution < -0.4 is 20.7 Å². The monoisotopic (exact) mass is 1270 g/mol. The maximum atomic E-state index is 15.3. The van der Waals surface area contributed by atoms with Crippen molar-refractivity contribution in [2.45, 2.75) is 205 Å². The Bertz CT molecular complexity index is 3030. The molecule has 0 bridgehead atoms. The molecule has 0 aliphatic carbocycles. The third kappa shape index (κ3) is 16.5. The van der Waals surface area contributed by atoms with Crippen molar-refractivity contribution >= 4 is 44.7 Å². The van der Waals surface area contributed by atoms with Gasteiger partial charge in [0.1, 0.15) is 55.2 Å². The molecule has 3 amide bonds. The van der Waals surface area contributed by atoms with E-state index in [-0.39, 0.29) is 61.7 Å². The maximum Gasteiger partial charge on any atom is 0.335 e. The highest BCUT2D eigenvalue weighted by Gasteiger charge is 2.54. The van der Waals surface area contributed by atoms with Gasteiger partial charge in [0, 0.05) is 60.5 Å². The molecule has 1 N–H and O–H groups in total. The molecule has 0 saturated carbocycles. The number of carbonyl (C=O) groups excluding carboxylic acids is 2. The molecule has 18 nitrogen and oxygen atoms in total. The van der Waals surface area contributed by atoms with Crippen LogP contribution >= 0.6 is 0 Å². The Balaban J connectivity index is 1.26. The molecule has 87 heavy (non-hydrogen) atoms. The van der Waals surface area contributed by atoms with Gasteiger partial charge in [-0.25, -0.2) is 19.1 Å². The van der Waals surface area contributed by atoms with E-state index in [9.17, 15) is 9.90 Å². The number of hydrogen-bond donors (Lipinski definition) is 1. The topological polar surface area (TPSA) is 188 Å². The van der Waals surface area contributed by atoms with Crippen molar-refractivity contribution in [2.75, 3.05) is 53.9 Å². The SMILES string of the molecule is COc1ccc(C(OC[C@H]2O[C@@H](N3C[C@@](C)(Cc4cn([C@H]5C[C@H](O[Si](C)(C)C(C)(C)C)[C@@H](CO[Si](C)(C)C(C)(C)C)O5)c(=O)n(COCC[Si](C)(C)C)c4=O)C(=O)N(COCC[Si](C)(C)C)C3=O)C[C@@H]2O)(c2ccccc2)c2ccc(OC)cc2)cc1. The Morgan fingerprint density at radius 2 is 1.16 bits per heavy atom. The first-order valence-corrected chi connectivity index (χ1v) is 44.1. The van der Waals surface area contributed by atoms with E-state index in [2.05, 4.69) is 107 Å². The smallest absolute Gasteiger partial charge is 0.335 e. The van der Waals surface area contributed by atoms with Crippen LogP contribution in [0.4, 0.5) is 4.79 Å². The summed E-state index contributed by atoms with van der Waals surface area (Å²) in [5.41, 5.74) is -1.44. The minimum absolute atomic E-state index is 0.0123. The van der Waals surface area contributed by atoms with Crippen LogP contribution in [0.5, 0.6) is 11.5 Å². The Labute approximate surface area is 521 Å². The molecular weight excluding hydrogens is 1170 g/mol. The summed E-state index contributed by atoms with van der Waals surface area (Å²) in [6.07, 6.45) is -3.34. The number of carbonyl (C=O) groups is 2. The summed E-state index contributed by atoms with van der Waals surface area (Å²) in [6, 6.07) is 26.0. The number of ether oxygens (including phenoxy) is 7. The fraction of sp³-hybridized carbons (Fsp3) is 0.631. The Morgan fingerprint density at radius 1 is 0.644 bits per heavy atom. The molecule has 482 valence electrons. The average Bonchev–Trinajstić information content (AvgIpc) is 1.84. The lowest BCUT2D eigenvalue weighted by molar-refractivity contribution is -0.156. The van der Waals surface area contributed by atoms with Crippen molar-refractivity contribution in [2.24, 2.45) is 5.41 Å². The van der Waals surface area contributed by atoms with Gasteiger partial charge >= 0.3 is 11.7 Å². The van der Waals surface area contributed by atoms with Crippen molar-refractivity contribution in [1.82, 2.24) is 18.9 Å². The number of urea groups is 1. The number of benzene rings is 3. The van der Waals surface area contributed by atoms with Gasteiger partial charge in [0.25, 0.3) is 5.56 Å². The lowest BCUT2D eigenvalue weighted by Crippen LogP contribution is -2.64. The summed E-state index contributed by atoms with van der Waals surface area (Å²) in [4.78, 5) is 63.0. The van der Waals surface area contributed by atoms with Crippen molar-refractivity contribution in [3.8, 4) is 11.5 Å². The van der Waals surface area contributed by atoms with Gasteiger partial charge in [-0.2, -0.15) is 0 Å². The Morgan fingerprint density at radius 3 is 1.68 bits per heavy atom. The Kier molecular flexibility index (Phi) is 22.1. The van der Waals surface area contributed by atoms with Crippen LogP contribution in [0.25, 0.3) is 0 Å². The summed E-state index contributed by atoms with van der Waals surface area (Å²) in [7, 11) is -4.64. The molecule has 3 aromatic carbocycles. The molecule has 4 heterocycles. The van der Waals surface area contributed by atoms with E-state index in [1.807, 2.05) is 78.9 Å². The van der Waals surface area contributed by atoms with Crippen LogP contribution in [0.3, 0.4) is 0 Å². The second kappa shape index (κ2) is 27.5. The number of imide groups is 1. The van der Waals surface area contributed by atoms with E-state index < -0.39 is 104 Å². The molecule has 3 aliphatic heterocycles. The molecule has 3 fully saturated rings. The molecule has 3 aliphatic rings. The quantitative estimate of drug-likeness (QED) is 0.0337. The summed E-state index contributed by atoms with van der Waals surface area (Å²) >= 11 is 0. The minimum Gasteiger partial charge on any atom is -0.497 e. The van der Waals surface area contributed by atoms with Crippen molar-refractivity contribution < 1.29 is 56.7 Å². The minimum atomic E-state index is -2.41. The molecule has 22 heteroatoms. The van der Waals surface area contributed by atoms with Gasteiger partial charge in [0.15, 0.2) is 16.6 Å². The largest absolute Gasteiger partial charge is 0.497 e. The molecule has 0 unspecified atom stereocenters. The second-order valence-electron chi connectivity index (χ2n) is 29.8. The second-order valence-corrected chi connectivity index (χ2v) is 50.6. The average molecular weight is 1280 g/mol. The van der Waals surface area contributed by atoms with Crippen LogP contribution in [0.2, 0.25) is 87.6 Å². The molecule has 1 aromatic heterocycles. The molecule has 0 radical (unpaired) electrons. The Hall–Kier alpha value is -4.57. The molecule has 4 aromatic rings. The fourth-order valence-electron chi connectivity index (χ4n) is 10.7. The predicted molar refractivity (Wildman–Crippen MR) is 350 cm³/mol. The lowest BCUT2D eigenvalue weighted by atomic mass is 9.80. The van der Waals surface area contributed by atoms with Gasteiger partial charge < -0.3 is 47.1 Å². The zero-order valence-corrected chi connectivity index (χ0v) is 59.6. The fourth-order valence-corrected chi connectivity index (χ4v) is 14.6. The third-order valence-electron chi connectivity index (χ3n) is 18.4. The summed E-state index contributed by atoms with van der Waals surface area (Å²) in [5, 5.41) is 11.9. The summed E-state index contributed by atoms with van der Waals surface area (Å²) in [5.74, 6) is 0.767. The van der Waals surface area contributed by atoms with Crippen molar-refractivity contribution in [3.05, 3.63) is 128 Å². The number of aliphatic hydroxyl groups is 1. The molecule has 3 saturated heterocycles. The highest BCUT2D eigenvalue weighted by molar-refractivity contribution is 6.76. The first kappa shape index (κ1) is 69.9. The van der Waals surface area contributed by atoms with E-state index >= 15 is 14.4 Å². The van der Waals surface area contributed by atoms with E-state index in [1.54, 1.807) is 21.1 Å². The number of rotatable bonds is 27. The van der Waals surface area contributed by atoms with Gasteiger partial charge in [-0.3, -0.25) is 19.1 Å². The van der Waals surface area contributed by atoms with Crippen molar-refractivity contribution in [3.63, 3.8) is 0 Å². The zero-order chi connectivity index (χ0) is 64.3. The van der Waals surface area contributed by atoms with Crippen LogP contribution in [-0.2, 0) is 56.1 Å². The number of methoxy groups -OCH3 is 2. The number of hydrogen-bond acceptors (Lipinski definition) is 14. The predicted octanol–water partition coefficient (Wildman–Crippen LogP) is 11.6. The molecule has 7 rings (SSSR count). The van der Waals surface area contributed by atoms with Gasteiger partial charge in [0.2, 0.25) is 5.91 Å². The van der Waals surface area contributed by atoms with Gasteiger partial charge in [-0.15, -0.1) is 0 Å². The molecule has 7 atom stereocenters. The van der Waals surface area contributed by atoms with Gasteiger partial charge in [-0.05, 0) is 103 Å². The summed E-state index contributed by atoms with van der Waals surface area (Å²) in [6.45, 7) is 36.9. The lowest BCUT2D eigenvalue weighted by Gasteiger charge is -2.45. The van der Waals surface area contributed by atoms with E-state index in [1.165, 1.54) is 15.7 Å². The highest BCUT2D eigenvalue weighted by Crippen LogP contribution is 2.45. The maximum absolute atomic E-state index is 15.3. The molecular formula is C65H102N4O14Si4. The number of aliphatic hydroxyl groups excluding tert-OH is 1. The normalized spacial score (nSPS) is 22.8. The number of aromatic nitrogens is 2. The third-order valence-corrected chi connectivity index (χ3v) is 30.8. The zero-order valence-electron chi connectivity index (χ0n) is 55.6. The first-order chi connectivity index (χ1) is 40.4. The van der Waals surface area contributed by atoms with E-state index in [0.717, 1.165) is 38.2 Å². The van der Waals surface area contributed by atoms with Crippen LogP contribution in [0.15, 0.2) is 94.6 Å². The highest BCUT2D eigenvalue weighted by atomic mass is 28.4. The van der Waals surface area contributed by atoms with Crippen LogP contribution in [-0.4, -0.2) is 153 Å².